The van der Waals surface area contributed by atoms with Gasteiger partial charge in [-0.05, 0) is 12.1 Å². The lowest BCUT2D eigenvalue weighted by Gasteiger charge is -2.13. The molecule has 25 heavy (non-hydrogen) atoms. The molecule has 1 aromatic carbocycles. The fourth-order valence-corrected chi connectivity index (χ4v) is 3.48. The number of benzene rings is 1. The van der Waals surface area contributed by atoms with E-state index in [0.717, 1.165) is 4.68 Å². The van der Waals surface area contributed by atoms with Gasteiger partial charge >= 0.3 is 6.18 Å². The molecule has 0 saturated heterocycles. The molecular weight excluding hydrogens is 404 g/mol. The van der Waals surface area contributed by atoms with Crippen molar-refractivity contribution in [3.05, 3.63) is 33.4 Å². The molecule has 0 bridgehead atoms. The van der Waals surface area contributed by atoms with Crippen molar-refractivity contribution in [3.63, 3.8) is 0 Å². The summed E-state index contributed by atoms with van der Waals surface area (Å²) in [5.74, 6) is 4.65. The van der Waals surface area contributed by atoms with Crippen LogP contribution in [-0.4, -0.2) is 26.1 Å². The summed E-state index contributed by atoms with van der Waals surface area (Å²) in [6.45, 7) is 0. The zero-order chi connectivity index (χ0) is 19.1. The first-order valence-corrected chi connectivity index (χ1v) is 8.62. The summed E-state index contributed by atoms with van der Waals surface area (Å²) in [4.78, 5) is -0.00117. The molecule has 0 fully saturated rings. The van der Waals surface area contributed by atoms with E-state index in [2.05, 4.69) is 10.2 Å². The largest absolute Gasteiger partial charge is 0.416 e. The molecule has 2 rings (SSSR count). The van der Waals surface area contributed by atoms with E-state index in [0.29, 0.717) is 12.1 Å². The number of hydrazone groups is 1. The lowest BCUT2D eigenvalue weighted by Crippen LogP contribution is -2.18. The van der Waals surface area contributed by atoms with E-state index >= 15 is 0 Å². The standard InChI is InChI=1S/C12H11Cl2F3N6OS/c1-25(24)9-7(10(18)21-20)22-23(11(9)19)8-5(13)2-4(3-6(8)14)12(15,16)17/h2-3H,19-20H2,1H3,(H2,18,21). The van der Waals surface area contributed by atoms with E-state index in [1.165, 1.54) is 6.26 Å². The van der Waals surface area contributed by atoms with Gasteiger partial charge in [0.2, 0.25) is 0 Å². The van der Waals surface area contributed by atoms with Crippen molar-refractivity contribution in [1.82, 2.24) is 9.78 Å². The number of nitrogens with zero attached hydrogens (tertiary/aromatic N) is 3. The topological polar surface area (TPSA) is 125 Å². The maximum absolute atomic E-state index is 12.8. The van der Waals surface area contributed by atoms with E-state index in [1.54, 1.807) is 0 Å². The first kappa shape index (κ1) is 19.3. The molecule has 7 nitrogen and oxygen atoms in total. The van der Waals surface area contributed by atoms with Crippen molar-refractivity contribution in [3.8, 4) is 5.69 Å². The van der Waals surface area contributed by atoms with Gasteiger partial charge in [-0.3, -0.25) is 4.21 Å². The summed E-state index contributed by atoms with van der Waals surface area (Å²) < 4.78 is 51.4. The quantitative estimate of drug-likeness (QED) is 0.306. The van der Waals surface area contributed by atoms with Gasteiger partial charge in [-0.1, -0.05) is 23.2 Å². The van der Waals surface area contributed by atoms with Gasteiger partial charge in [0.15, 0.2) is 5.84 Å². The van der Waals surface area contributed by atoms with Crippen molar-refractivity contribution in [2.45, 2.75) is 11.1 Å². The molecule has 1 atom stereocenters. The Hall–Kier alpha value is -1.98. The molecule has 13 heteroatoms. The maximum Gasteiger partial charge on any atom is 0.416 e. The molecular formula is C12H11Cl2F3N6OS. The second-order valence-electron chi connectivity index (χ2n) is 4.73. The summed E-state index contributed by atoms with van der Waals surface area (Å²) in [6.07, 6.45) is -3.33. The van der Waals surface area contributed by atoms with Crippen LogP contribution in [0.15, 0.2) is 22.1 Å². The van der Waals surface area contributed by atoms with Gasteiger partial charge in [0.1, 0.15) is 22.1 Å². The number of alkyl halides is 3. The van der Waals surface area contributed by atoms with Crippen LogP contribution in [0.25, 0.3) is 5.69 Å². The molecule has 0 saturated carbocycles. The van der Waals surface area contributed by atoms with E-state index in [-0.39, 0.29) is 38.0 Å². The van der Waals surface area contributed by atoms with Gasteiger partial charge in [0.05, 0.1) is 26.4 Å². The number of halogens is 5. The Morgan fingerprint density at radius 3 is 2.24 bits per heavy atom. The Morgan fingerprint density at radius 1 is 1.32 bits per heavy atom. The Balaban J connectivity index is 2.78. The predicted molar refractivity (Wildman–Crippen MR) is 90.2 cm³/mol. The van der Waals surface area contributed by atoms with Crippen LogP contribution >= 0.6 is 23.2 Å². The van der Waals surface area contributed by atoms with Crippen molar-refractivity contribution < 1.29 is 17.4 Å². The lowest BCUT2D eigenvalue weighted by molar-refractivity contribution is -0.137. The number of rotatable bonds is 3. The molecule has 136 valence electrons. The highest BCUT2D eigenvalue weighted by molar-refractivity contribution is 7.84. The maximum atomic E-state index is 12.8. The number of nitrogens with two attached hydrogens (primary N) is 3. The number of amidine groups is 1. The second-order valence-corrected chi connectivity index (χ2v) is 6.86. The van der Waals surface area contributed by atoms with Crippen LogP contribution in [0.5, 0.6) is 0 Å². The van der Waals surface area contributed by atoms with E-state index < -0.39 is 22.5 Å². The van der Waals surface area contributed by atoms with Gasteiger partial charge in [0.25, 0.3) is 0 Å². The van der Waals surface area contributed by atoms with Gasteiger partial charge in [-0.15, -0.1) is 0 Å². The minimum absolute atomic E-state index is 0.00117. The SMILES string of the molecule is CS(=O)c1c(C(N)=NN)nn(-c2c(Cl)cc(C(F)(F)F)cc2Cl)c1N. The van der Waals surface area contributed by atoms with Crippen LogP contribution in [0.1, 0.15) is 11.3 Å². The van der Waals surface area contributed by atoms with Crippen LogP contribution in [0.2, 0.25) is 10.0 Å². The summed E-state index contributed by atoms with van der Waals surface area (Å²) >= 11 is 11.9. The molecule has 0 aliphatic heterocycles. The predicted octanol–water partition coefficient (Wildman–Crippen LogP) is 2.10. The summed E-state index contributed by atoms with van der Waals surface area (Å²) in [5.41, 5.74) is 10.2. The third kappa shape index (κ3) is 3.53. The van der Waals surface area contributed by atoms with Crippen LogP contribution in [0, 0.1) is 0 Å². The van der Waals surface area contributed by atoms with Crippen LogP contribution < -0.4 is 17.3 Å². The molecule has 0 aliphatic rings. The van der Waals surface area contributed by atoms with E-state index in [9.17, 15) is 17.4 Å². The average Bonchev–Trinajstić information content (AvgIpc) is 2.82. The number of aromatic nitrogens is 2. The van der Waals surface area contributed by atoms with Gasteiger partial charge in [-0.2, -0.15) is 23.4 Å². The Morgan fingerprint density at radius 2 is 1.84 bits per heavy atom. The fraction of sp³-hybridized carbons (Fsp3) is 0.167. The van der Waals surface area contributed by atoms with Crippen molar-refractivity contribution in [2.24, 2.45) is 16.7 Å². The summed E-state index contributed by atoms with van der Waals surface area (Å²) in [7, 11) is -1.65. The number of hydrogen-bond acceptors (Lipinski definition) is 5. The summed E-state index contributed by atoms with van der Waals surface area (Å²) in [5, 5.41) is 6.53. The molecule has 0 radical (unpaired) electrons. The van der Waals surface area contributed by atoms with Crippen LogP contribution in [0.3, 0.4) is 0 Å². The van der Waals surface area contributed by atoms with Crippen LogP contribution in [0.4, 0.5) is 19.0 Å². The third-order valence-electron chi connectivity index (χ3n) is 3.10. The zero-order valence-electron chi connectivity index (χ0n) is 12.4. The molecule has 1 unspecified atom stereocenters. The second kappa shape index (κ2) is 6.73. The molecule has 0 spiro atoms. The Bertz CT molecular complexity index is 873. The zero-order valence-corrected chi connectivity index (χ0v) is 14.8. The Kier molecular flexibility index (Phi) is 5.21. The molecule has 2 aromatic rings. The Labute approximate surface area is 152 Å². The number of nitrogen functional groups attached to an aromatic ring is 1. The molecule has 0 amide bonds. The first-order valence-electron chi connectivity index (χ1n) is 6.31. The van der Waals surface area contributed by atoms with Crippen LogP contribution in [-0.2, 0) is 17.0 Å². The minimum Gasteiger partial charge on any atom is -0.383 e. The highest BCUT2D eigenvalue weighted by atomic mass is 35.5. The van der Waals surface area contributed by atoms with Crippen molar-refractivity contribution in [1.29, 1.82) is 0 Å². The van der Waals surface area contributed by atoms with Crippen molar-refractivity contribution in [2.75, 3.05) is 12.0 Å². The number of anilines is 1. The molecule has 6 N–H and O–H groups in total. The smallest absolute Gasteiger partial charge is 0.383 e. The molecule has 1 heterocycles. The van der Waals surface area contributed by atoms with Gasteiger partial charge < -0.3 is 17.3 Å². The minimum atomic E-state index is -4.64. The van der Waals surface area contributed by atoms with Gasteiger partial charge in [-0.25, -0.2) is 4.68 Å². The first-order chi connectivity index (χ1) is 11.5. The molecule has 1 aromatic heterocycles. The monoisotopic (exact) mass is 414 g/mol. The lowest BCUT2D eigenvalue weighted by atomic mass is 10.2. The average molecular weight is 415 g/mol. The molecule has 0 aliphatic carbocycles. The third-order valence-corrected chi connectivity index (χ3v) is 4.65. The fourth-order valence-electron chi connectivity index (χ4n) is 2.03. The summed E-state index contributed by atoms with van der Waals surface area (Å²) in [6, 6.07) is 1.35. The van der Waals surface area contributed by atoms with E-state index in [4.69, 9.17) is 40.5 Å². The van der Waals surface area contributed by atoms with E-state index in [1.807, 2.05) is 0 Å². The van der Waals surface area contributed by atoms with Gasteiger partial charge in [0, 0.05) is 6.26 Å². The van der Waals surface area contributed by atoms with Crippen molar-refractivity contribution >= 4 is 45.7 Å². The normalized spacial score (nSPS) is 13.9. The number of hydrogen-bond donors (Lipinski definition) is 3. The highest BCUT2D eigenvalue weighted by Crippen LogP contribution is 2.38. The highest BCUT2D eigenvalue weighted by Gasteiger charge is 2.33.